The van der Waals surface area contributed by atoms with Gasteiger partial charge in [0.2, 0.25) is 0 Å². The molecule has 8 heteroatoms. The molecule has 0 saturated heterocycles. The number of carbonyl (C=O) groups excluding carboxylic acids is 2. The third-order valence-corrected chi connectivity index (χ3v) is 7.25. The van der Waals surface area contributed by atoms with E-state index in [0.29, 0.717) is 35.5 Å². The maximum Gasteiger partial charge on any atom is 0.262 e. The van der Waals surface area contributed by atoms with Crippen LogP contribution in [0.2, 0.25) is 0 Å². The molecule has 0 atom stereocenters. The minimum atomic E-state index is -3.92. The normalized spacial score (nSPS) is 10.9. The van der Waals surface area contributed by atoms with E-state index in [1.165, 1.54) is 6.07 Å². The first-order valence-corrected chi connectivity index (χ1v) is 13.2. The molecule has 0 unspecified atom stereocenters. The first-order valence-electron chi connectivity index (χ1n) is 11.7. The number of sulfonamides is 1. The molecule has 0 aliphatic carbocycles. The van der Waals surface area contributed by atoms with E-state index >= 15 is 0 Å². The first kappa shape index (κ1) is 25.7. The lowest BCUT2D eigenvalue weighted by molar-refractivity contribution is 0.0955. The van der Waals surface area contributed by atoms with E-state index < -0.39 is 15.9 Å². The average Bonchev–Trinajstić information content (AvgIpc) is 2.90. The van der Waals surface area contributed by atoms with Gasteiger partial charge in [0, 0.05) is 17.8 Å². The third-order valence-electron chi connectivity index (χ3n) is 5.73. The Bertz CT molecular complexity index is 1500. The summed E-state index contributed by atoms with van der Waals surface area (Å²) in [6, 6.07) is 29.5. The molecule has 7 nitrogen and oxygen atoms in total. The van der Waals surface area contributed by atoms with Gasteiger partial charge in [-0.3, -0.25) is 14.3 Å². The molecule has 0 aliphatic rings. The summed E-state index contributed by atoms with van der Waals surface area (Å²) in [7, 11) is -3.92. The monoisotopic (exact) mass is 513 g/mol. The molecule has 3 N–H and O–H groups in total. The maximum atomic E-state index is 13.1. The van der Waals surface area contributed by atoms with Gasteiger partial charge in [0.25, 0.3) is 21.8 Å². The summed E-state index contributed by atoms with van der Waals surface area (Å²) in [6.07, 6.45) is 0.679. The molecule has 0 saturated carbocycles. The van der Waals surface area contributed by atoms with Gasteiger partial charge in [-0.1, -0.05) is 66.7 Å². The zero-order chi connectivity index (χ0) is 26.3. The standard InChI is InChI=1S/C29H27N3O4S/c1-21-16-17-23(20-27(21)37(35,36)32-24-12-6-3-7-13-24)28(33)31-26-15-9-8-14-25(26)29(34)30-19-18-22-10-4-2-5-11-22/h2-17,20,32H,18-19H2,1H3,(H,30,34)(H,31,33). The Labute approximate surface area is 216 Å². The lowest BCUT2D eigenvalue weighted by atomic mass is 10.1. The van der Waals surface area contributed by atoms with Crippen molar-refractivity contribution in [2.24, 2.45) is 0 Å². The largest absolute Gasteiger partial charge is 0.352 e. The van der Waals surface area contributed by atoms with Crippen LogP contribution in [-0.2, 0) is 16.4 Å². The molecular formula is C29H27N3O4S. The molecular weight excluding hydrogens is 486 g/mol. The number of rotatable bonds is 9. The highest BCUT2D eigenvalue weighted by Crippen LogP contribution is 2.22. The number of para-hydroxylation sites is 2. The fraction of sp³-hybridized carbons (Fsp3) is 0.103. The number of hydrogen-bond acceptors (Lipinski definition) is 4. The second-order valence-electron chi connectivity index (χ2n) is 8.44. The smallest absolute Gasteiger partial charge is 0.262 e. The van der Waals surface area contributed by atoms with E-state index in [-0.39, 0.29) is 16.4 Å². The van der Waals surface area contributed by atoms with Crippen molar-refractivity contribution < 1.29 is 18.0 Å². The van der Waals surface area contributed by atoms with Crippen LogP contribution in [0.15, 0.2) is 108 Å². The van der Waals surface area contributed by atoms with Crippen molar-refractivity contribution in [1.29, 1.82) is 0 Å². The van der Waals surface area contributed by atoms with Crippen LogP contribution in [0.4, 0.5) is 11.4 Å². The Morgan fingerprint density at radius 2 is 1.41 bits per heavy atom. The molecule has 188 valence electrons. The molecule has 0 spiro atoms. The van der Waals surface area contributed by atoms with Crippen LogP contribution in [0.5, 0.6) is 0 Å². The maximum absolute atomic E-state index is 13.1. The van der Waals surface area contributed by atoms with E-state index in [1.54, 1.807) is 73.7 Å². The number of amides is 2. The molecule has 4 aromatic carbocycles. The van der Waals surface area contributed by atoms with Gasteiger partial charge in [-0.15, -0.1) is 0 Å². The second-order valence-corrected chi connectivity index (χ2v) is 10.1. The Kier molecular flexibility index (Phi) is 8.00. The van der Waals surface area contributed by atoms with Gasteiger partial charge in [0.15, 0.2) is 0 Å². The Morgan fingerprint density at radius 1 is 0.757 bits per heavy atom. The van der Waals surface area contributed by atoms with Crippen molar-refractivity contribution in [3.63, 3.8) is 0 Å². The average molecular weight is 514 g/mol. The van der Waals surface area contributed by atoms with Gasteiger partial charge in [-0.25, -0.2) is 8.42 Å². The second kappa shape index (κ2) is 11.5. The highest BCUT2D eigenvalue weighted by molar-refractivity contribution is 7.92. The summed E-state index contributed by atoms with van der Waals surface area (Å²) in [5.41, 5.74) is 2.82. The molecule has 0 fully saturated rings. The molecule has 37 heavy (non-hydrogen) atoms. The molecule has 4 rings (SSSR count). The number of nitrogens with one attached hydrogen (secondary N) is 3. The fourth-order valence-corrected chi connectivity index (χ4v) is 5.12. The summed E-state index contributed by atoms with van der Waals surface area (Å²) in [5, 5.41) is 5.63. The fourth-order valence-electron chi connectivity index (χ4n) is 3.79. The number of benzene rings is 4. The summed E-state index contributed by atoms with van der Waals surface area (Å²) < 4.78 is 28.5. The van der Waals surface area contributed by atoms with Crippen LogP contribution in [-0.4, -0.2) is 26.8 Å². The van der Waals surface area contributed by atoms with E-state index in [0.717, 1.165) is 5.56 Å². The Balaban J connectivity index is 1.48. The molecule has 2 amide bonds. The van der Waals surface area contributed by atoms with Crippen molar-refractivity contribution in [2.45, 2.75) is 18.2 Å². The quantitative estimate of drug-likeness (QED) is 0.292. The predicted molar refractivity (Wildman–Crippen MR) is 145 cm³/mol. The number of aryl methyl sites for hydroxylation is 1. The van der Waals surface area contributed by atoms with E-state index in [2.05, 4.69) is 15.4 Å². The van der Waals surface area contributed by atoms with Crippen LogP contribution in [0.25, 0.3) is 0 Å². The molecule has 0 radical (unpaired) electrons. The SMILES string of the molecule is Cc1ccc(C(=O)Nc2ccccc2C(=O)NCCc2ccccc2)cc1S(=O)(=O)Nc1ccccc1. The van der Waals surface area contributed by atoms with Crippen LogP contribution in [0.3, 0.4) is 0 Å². The van der Waals surface area contributed by atoms with Gasteiger partial charge < -0.3 is 10.6 Å². The van der Waals surface area contributed by atoms with Gasteiger partial charge in [-0.2, -0.15) is 0 Å². The number of anilines is 2. The Hall–Kier alpha value is -4.43. The zero-order valence-electron chi connectivity index (χ0n) is 20.3. The zero-order valence-corrected chi connectivity index (χ0v) is 21.1. The van der Waals surface area contributed by atoms with Crippen LogP contribution < -0.4 is 15.4 Å². The molecule has 0 aliphatic heterocycles. The van der Waals surface area contributed by atoms with Crippen LogP contribution in [0, 0.1) is 6.92 Å². The topological polar surface area (TPSA) is 104 Å². The summed E-state index contributed by atoms with van der Waals surface area (Å²) >= 11 is 0. The minimum Gasteiger partial charge on any atom is -0.352 e. The van der Waals surface area contributed by atoms with Crippen molar-refractivity contribution in [1.82, 2.24) is 5.32 Å². The van der Waals surface area contributed by atoms with E-state index in [4.69, 9.17) is 0 Å². The van der Waals surface area contributed by atoms with Gasteiger partial charge in [0.1, 0.15) is 0 Å². The summed E-state index contributed by atoms with van der Waals surface area (Å²) in [6.45, 7) is 2.11. The van der Waals surface area contributed by atoms with E-state index in [1.807, 2.05) is 30.3 Å². The van der Waals surface area contributed by atoms with Crippen molar-refractivity contribution in [3.05, 3.63) is 125 Å². The van der Waals surface area contributed by atoms with Crippen LogP contribution in [0.1, 0.15) is 31.8 Å². The van der Waals surface area contributed by atoms with E-state index in [9.17, 15) is 18.0 Å². The van der Waals surface area contributed by atoms with Crippen molar-refractivity contribution >= 4 is 33.2 Å². The highest BCUT2D eigenvalue weighted by atomic mass is 32.2. The summed E-state index contributed by atoms with van der Waals surface area (Å²) in [4.78, 5) is 25.9. The van der Waals surface area contributed by atoms with Gasteiger partial charge in [-0.05, 0) is 60.9 Å². The van der Waals surface area contributed by atoms with Gasteiger partial charge in [0.05, 0.1) is 16.1 Å². The third kappa shape index (κ3) is 6.62. The number of carbonyl (C=O) groups is 2. The molecule has 0 heterocycles. The van der Waals surface area contributed by atoms with Crippen molar-refractivity contribution in [2.75, 3.05) is 16.6 Å². The molecule has 0 aromatic heterocycles. The van der Waals surface area contributed by atoms with Crippen molar-refractivity contribution in [3.8, 4) is 0 Å². The highest BCUT2D eigenvalue weighted by Gasteiger charge is 2.20. The molecule has 0 bridgehead atoms. The van der Waals surface area contributed by atoms with Gasteiger partial charge >= 0.3 is 0 Å². The molecule has 4 aromatic rings. The van der Waals surface area contributed by atoms with Crippen LogP contribution >= 0.6 is 0 Å². The first-order chi connectivity index (χ1) is 17.8. The minimum absolute atomic E-state index is 0.00376. The predicted octanol–water partition coefficient (Wildman–Crippen LogP) is 5.02. The number of hydrogen-bond donors (Lipinski definition) is 3. The Morgan fingerprint density at radius 3 is 2.14 bits per heavy atom. The summed E-state index contributed by atoms with van der Waals surface area (Å²) in [5.74, 6) is -0.841. The lowest BCUT2D eigenvalue weighted by Crippen LogP contribution is -2.27. The lowest BCUT2D eigenvalue weighted by Gasteiger charge is -2.14.